The zero-order valence-electron chi connectivity index (χ0n) is 15.3. The molecule has 2 aromatic carbocycles. The van der Waals surface area contributed by atoms with Crippen molar-refractivity contribution in [3.8, 4) is 17.6 Å². The van der Waals surface area contributed by atoms with Gasteiger partial charge >= 0.3 is 0 Å². The number of hydrogen-bond donors (Lipinski definition) is 0. The molecule has 4 nitrogen and oxygen atoms in total. The maximum Gasteiger partial charge on any atom is 0.178 e. The molecule has 0 fully saturated rings. The second kappa shape index (κ2) is 7.16. The van der Waals surface area contributed by atoms with Gasteiger partial charge < -0.3 is 14.4 Å². The largest absolute Gasteiger partial charge is 0.493 e. The zero-order chi connectivity index (χ0) is 18.0. The monoisotopic (exact) mass is 336 g/mol. The first-order chi connectivity index (χ1) is 12.1. The Balaban J connectivity index is 2.26. The maximum atomic E-state index is 9.79. The van der Waals surface area contributed by atoms with E-state index in [0.717, 1.165) is 25.1 Å². The van der Waals surface area contributed by atoms with E-state index in [-0.39, 0.29) is 5.92 Å². The number of benzene rings is 2. The number of rotatable bonds is 3. The van der Waals surface area contributed by atoms with Crippen LogP contribution in [-0.2, 0) is 6.42 Å². The van der Waals surface area contributed by atoms with Crippen molar-refractivity contribution in [3.63, 3.8) is 0 Å². The lowest BCUT2D eigenvalue weighted by Crippen LogP contribution is -2.24. The summed E-state index contributed by atoms with van der Waals surface area (Å²) < 4.78 is 11.0. The Kier molecular flexibility index (Phi) is 4.96. The van der Waals surface area contributed by atoms with E-state index in [0.29, 0.717) is 17.1 Å². The number of hydrogen-bond acceptors (Lipinski definition) is 4. The number of likely N-dealkylation sites (N-methyl/N-ethyl adjacent to an activating group) is 1. The van der Waals surface area contributed by atoms with Crippen molar-refractivity contribution in [2.75, 3.05) is 34.4 Å². The molecule has 130 valence electrons. The average molecular weight is 336 g/mol. The standard InChI is InChI=1S/C21H24N2O2/c1-14-6-5-7-15(10-14)19-13-23(2)9-8-16-17(19)11-20(24-3)21(25-4)18(16)12-22/h5-7,10-11,19H,8-9,13H2,1-4H3/t19-/m1/s1. The van der Waals surface area contributed by atoms with Crippen LogP contribution in [0.3, 0.4) is 0 Å². The van der Waals surface area contributed by atoms with Crippen molar-refractivity contribution in [2.45, 2.75) is 19.3 Å². The molecule has 25 heavy (non-hydrogen) atoms. The van der Waals surface area contributed by atoms with E-state index in [4.69, 9.17) is 9.47 Å². The number of methoxy groups -OCH3 is 2. The highest BCUT2D eigenvalue weighted by Crippen LogP contribution is 2.41. The molecular formula is C21H24N2O2. The van der Waals surface area contributed by atoms with Gasteiger partial charge in [-0.15, -0.1) is 0 Å². The fourth-order valence-corrected chi connectivity index (χ4v) is 3.73. The molecule has 3 rings (SSSR count). The Bertz CT molecular complexity index is 823. The lowest BCUT2D eigenvalue weighted by molar-refractivity contribution is 0.338. The Morgan fingerprint density at radius 3 is 2.64 bits per heavy atom. The quantitative estimate of drug-likeness (QED) is 0.860. The molecule has 0 unspecified atom stereocenters. The highest BCUT2D eigenvalue weighted by molar-refractivity contribution is 5.62. The number of nitrogens with zero attached hydrogens (tertiary/aromatic N) is 2. The number of fused-ring (bicyclic) bond motifs is 1. The van der Waals surface area contributed by atoms with E-state index >= 15 is 0 Å². The smallest absolute Gasteiger partial charge is 0.178 e. The third-order valence-corrected chi connectivity index (χ3v) is 4.98. The molecule has 0 radical (unpaired) electrons. The van der Waals surface area contributed by atoms with Crippen LogP contribution in [0.25, 0.3) is 0 Å². The van der Waals surface area contributed by atoms with Crippen molar-refractivity contribution >= 4 is 0 Å². The third kappa shape index (κ3) is 3.20. The van der Waals surface area contributed by atoms with E-state index in [2.05, 4.69) is 55.3 Å². The van der Waals surface area contributed by atoms with Gasteiger partial charge in [0.25, 0.3) is 0 Å². The van der Waals surface area contributed by atoms with Gasteiger partial charge in [0.1, 0.15) is 11.6 Å². The molecule has 2 aromatic rings. The van der Waals surface area contributed by atoms with Gasteiger partial charge in [0.05, 0.1) is 14.2 Å². The summed E-state index contributed by atoms with van der Waals surface area (Å²) in [4.78, 5) is 2.33. The van der Waals surface area contributed by atoms with Gasteiger partial charge in [0, 0.05) is 19.0 Å². The molecule has 0 N–H and O–H groups in total. The Labute approximate surface area is 149 Å². The second-order valence-electron chi connectivity index (χ2n) is 6.65. The molecule has 1 atom stereocenters. The van der Waals surface area contributed by atoms with Crippen LogP contribution in [0, 0.1) is 18.3 Å². The first-order valence-corrected chi connectivity index (χ1v) is 8.52. The number of ether oxygens (including phenoxy) is 2. The van der Waals surface area contributed by atoms with Crippen molar-refractivity contribution in [3.05, 3.63) is 58.1 Å². The highest BCUT2D eigenvalue weighted by atomic mass is 16.5. The lowest BCUT2D eigenvalue weighted by Gasteiger charge is -2.23. The van der Waals surface area contributed by atoms with Crippen molar-refractivity contribution < 1.29 is 9.47 Å². The van der Waals surface area contributed by atoms with Crippen LogP contribution in [-0.4, -0.2) is 39.3 Å². The molecule has 0 aliphatic carbocycles. The Morgan fingerprint density at radius 1 is 1.20 bits per heavy atom. The fourth-order valence-electron chi connectivity index (χ4n) is 3.73. The minimum Gasteiger partial charge on any atom is -0.493 e. The van der Waals surface area contributed by atoms with Crippen molar-refractivity contribution in [1.82, 2.24) is 4.90 Å². The third-order valence-electron chi connectivity index (χ3n) is 4.98. The molecule has 0 saturated carbocycles. The van der Waals surface area contributed by atoms with E-state index in [1.807, 2.05) is 0 Å². The Hall–Kier alpha value is -2.51. The van der Waals surface area contributed by atoms with Gasteiger partial charge in [-0.3, -0.25) is 0 Å². The predicted octanol–water partition coefficient (Wildman–Crippen LogP) is 3.50. The normalized spacial score (nSPS) is 17.3. The molecule has 1 aliphatic heterocycles. The SMILES string of the molecule is COc1cc2c(c(C#N)c1OC)CCN(C)C[C@@H]2c1cccc(C)c1. The van der Waals surface area contributed by atoms with E-state index < -0.39 is 0 Å². The van der Waals surface area contributed by atoms with Crippen LogP contribution in [0.2, 0.25) is 0 Å². The summed E-state index contributed by atoms with van der Waals surface area (Å²) in [5.74, 6) is 1.37. The van der Waals surface area contributed by atoms with Gasteiger partial charge in [0.2, 0.25) is 0 Å². The maximum absolute atomic E-state index is 9.79. The number of aryl methyl sites for hydroxylation is 1. The van der Waals surface area contributed by atoms with Crippen LogP contribution in [0.4, 0.5) is 0 Å². The first-order valence-electron chi connectivity index (χ1n) is 8.52. The number of nitriles is 1. The molecule has 0 amide bonds. The average Bonchev–Trinajstić information content (AvgIpc) is 2.79. The molecular weight excluding hydrogens is 312 g/mol. The van der Waals surface area contributed by atoms with E-state index in [1.165, 1.54) is 16.7 Å². The van der Waals surface area contributed by atoms with E-state index in [9.17, 15) is 5.26 Å². The van der Waals surface area contributed by atoms with Gasteiger partial charge in [-0.1, -0.05) is 29.8 Å². The first kappa shape index (κ1) is 17.3. The molecule has 1 heterocycles. The molecule has 0 aromatic heterocycles. The summed E-state index contributed by atoms with van der Waals surface area (Å²) >= 11 is 0. The van der Waals surface area contributed by atoms with Gasteiger partial charge in [-0.25, -0.2) is 0 Å². The van der Waals surface area contributed by atoms with E-state index in [1.54, 1.807) is 14.2 Å². The Morgan fingerprint density at radius 2 is 2.00 bits per heavy atom. The summed E-state index contributed by atoms with van der Waals surface area (Å²) in [5, 5.41) is 9.79. The summed E-state index contributed by atoms with van der Waals surface area (Å²) in [6.45, 7) is 3.94. The van der Waals surface area contributed by atoms with Crippen LogP contribution in [0.5, 0.6) is 11.5 Å². The minimum atomic E-state index is 0.203. The topological polar surface area (TPSA) is 45.5 Å². The summed E-state index contributed by atoms with van der Waals surface area (Å²) in [6.07, 6.45) is 0.831. The summed E-state index contributed by atoms with van der Waals surface area (Å²) in [6, 6.07) is 13.0. The van der Waals surface area contributed by atoms with Gasteiger partial charge in [0.15, 0.2) is 11.5 Å². The molecule has 0 bridgehead atoms. The predicted molar refractivity (Wildman–Crippen MR) is 98.5 cm³/mol. The summed E-state index contributed by atoms with van der Waals surface area (Å²) in [5.41, 5.74) is 5.36. The van der Waals surface area contributed by atoms with Crippen molar-refractivity contribution in [2.24, 2.45) is 0 Å². The van der Waals surface area contributed by atoms with Crippen LogP contribution < -0.4 is 9.47 Å². The van der Waals surface area contributed by atoms with Gasteiger partial charge in [-0.05, 0) is 43.1 Å². The second-order valence-corrected chi connectivity index (χ2v) is 6.65. The fraction of sp³-hybridized carbons (Fsp3) is 0.381. The molecule has 0 spiro atoms. The van der Waals surface area contributed by atoms with Gasteiger partial charge in [-0.2, -0.15) is 5.26 Å². The van der Waals surface area contributed by atoms with Crippen LogP contribution in [0.1, 0.15) is 33.7 Å². The molecule has 0 saturated heterocycles. The van der Waals surface area contributed by atoms with Crippen LogP contribution >= 0.6 is 0 Å². The molecule has 1 aliphatic rings. The highest BCUT2D eigenvalue weighted by Gasteiger charge is 2.28. The molecule has 4 heteroatoms. The summed E-state index contributed by atoms with van der Waals surface area (Å²) in [7, 11) is 5.34. The lowest BCUT2D eigenvalue weighted by atomic mass is 9.85. The minimum absolute atomic E-state index is 0.203. The van der Waals surface area contributed by atoms with Crippen LogP contribution in [0.15, 0.2) is 30.3 Å². The van der Waals surface area contributed by atoms with Crippen molar-refractivity contribution in [1.29, 1.82) is 5.26 Å². The zero-order valence-corrected chi connectivity index (χ0v) is 15.3.